The van der Waals surface area contributed by atoms with Gasteiger partial charge in [0.15, 0.2) is 0 Å². The minimum absolute atomic E-state index is 0.323. The maximum absolute atomic E-state index is 11.6. The molecule has 0 bridgehead atoms. The van der Waals surface area contributed by atoms with Gasteiger partial charge < -0.3 is 14.8 Å². The third-order valence-corrected chi connectivity index (χ3v) is 3.61. The summed E-state index contributed by atoms with van der Waals surface area (Å²) in [6.07, 6.45) is 4.94. The Morgan fingerprint density at radius 2 is 2.38 bits per heavy atom. The zero-order chi connectivity index (χ0) is 15.1. The number of piperidine rings is 1. The van der Waals surface area contributed by atoms with Crippen molar-refractivity contribution >= 4 is 5.97 Å². The molecule has 0 spiro atoms. The largest absolute Gasteiger partial charge is 0.463 e. The van der Waals surface area contributed by atoms with Crippen molar-refractivity contribution in [1.82, 2.24) is 15.3 Å². The van der Waals surface area contributed by atoms with E-state index in [0.29, 0.717) is 36.4 Å². The van der Waals surface area contributed by atoms with Crippen LogP contribution in [0.2, 0.25) is 0 Å². The average molecular weight is 293 g/mol. The van der Waals surface area contributed by atoms with Gasteiger partial charge in [0, 0.05) is 6.20 Å². The van der Waals surface area contributed by atoms with Crippen LogP contribution in [-0.4, -0.2) is 42.2 Å². The minimum atomic E-state index is -0.394. The van der Waals surface area contributed by atoms with Crippen LogP contribution in [0.1, 0.15) is 42.2 Å². The van der Waals surface area contributed by atoms with Crippen molar-refractivity contribution in [3.05, 3.63) is 17.5 Å². The number of rotatable bonds is 6. The molecule has 2 rings (SSSR count). The van der Waals surface area contributed by atoms with Crippen molar-refractivity contribution in [3.63, 3.8) is 0 Å². The lowest BCUT2D eigenvalue weighted by atomic mass is 9.97. The second-order valence-corrected chi connectivity index (χ2v) is 5.22. The Bertz CT molecular complexity index is 473. The third-order valence-electron chi connectivity index (χ3n) is 3.61. The van der Waals surface area contributed by atoms with Crippen molar-refractivity contribution in [1.29, 1.82) is 0 Å². The maximum atomic E-state index is 11.6. The van der Waals surface area contributed by atoms with Gasteiger partial charge in [0.2, 0.25) is 0 Å². The molecule has 0 radical (unpaired) electrons. The fourth-order valence-corrected chi connectivity index (χ4v) is 2.41. The summed E-state index contributed by atoms with van der Waals surface area (Å²) in [5, 5.41) is 3.39. The number of nitrogens with zero attached hydrogens (tertiary/aromatic N) is 2. The first-order chi connectivity index (χ1) is 10.2. The summed E-state index contributed by atoms with van der Waals surface area (Å²) >= 11 is 0. The molecule has 0 amide bonds. The zero-order valence-electron chi connectivity index (χ0n) is 12.7. The van der Waals surface area contributed by atoms with E-state index in [0.717, 1.165) is 19.5 Å². The van der Waals surface area contributed by atoms with Gasteiger partial charge in [-0.25, -0.2) is 9.78 Å². The standard InChI is InChI=1S/C15H23N3O3/c1-3-20-14(19)13-10-17-15(18-11(13)2)21-8-6-12-5-4-7-16-9-12/h10,12,16H,3-9H2,1-2H3. The number of carbonyl (C=O) groups excluding carboxylic acids is 1. The number of ether oxygens (including phenoxy) is 2. The summed E-state index contributed by atoms with van der Waals surface area (Å²) in [6.45, 7) is 6.65. The average Bonchev–Trinajstić information content (AvgIpc) is 2.48. The first kappa shape index (κ1) is 15.7. The van der Waals surface area contributed by atoms with E-state index in [4.69, 9.17) is 9.47 Å². The van der Waals surface area contributed by atoms with Crippen LogP contribution in [0.5, 0.6) is 6.01 Å². The molecular weight excluding hydrogens is 270 g/mol. The Kier molecular flexibility index (Phi) is 5.92. The fourth-order valence-electron chi connectivity index (χ4n) is 2.41. The lowest BCUT2D eigenvalue weighted by Crippen LogP contribution is -2.30. The van der Waals surface area contributed by atoms with E-state index in [9.17, 15) is 4.79 Å². The van der Waals surface area contributed by atoms with Gasteiger partial charge in [-0.1, -0.05) is 0 Å². The molecule has 1 N–H and O–H groups in total. The normalized spacial score (nSPS) is 18.3. The molecule has 6 nitrogen and oxygen atoms in total. The van der Waals surface area contributed by atoms with Gasteiger partial charge in [-0.3, -0.25) is 0 Å². The Labute approximate surface area is 125 Å². The summed E-state index contributed by atoms with van der Waals surface area (Å²) in [6, 6.07) is 0.323. The third kappa shape index (κ3) is 4.67. The second-order valence-electron chi connectivity index (χ2n) is 5.22. The maximum Gasteiger partial charge on any atom is 0.341 e. The molecule has 0 aromatic carbocycles. The van der Waals surface area contributed by atoms with E-state index in [1.54, 1.807) is 13.8 Å². The zero-order valence-corrected chi connectivity index (χ0v) is 12.7. The molecule has 0 saturated carbocycles. The molecule has 6 heteroatoms. The number of hydrogen-bond donors (Lipinski definition) is 1. The van der Waals surface area contributed by atoms with Crippen LogP contribution in [0, 0.1) is 12.8 Å². The van der Waals surface area contributed by atoms with Crippen LogP contribution in [-0.2, 0) is 4.74 Å². The summed E-state index contributed by atoms with van der Waals surface area (Å²) in [5.41, 5.74) is 0.971. The van der Waals surface area contributed by atoms with Crippen molar-refractivity contribution in [2.24, 2.45) is 5.92 Å². The van der Waals surface area contributed by atoms with Crippen molar-refractivity contribution in [2.45, 2.75) is 33.1 Å². The SMILES string of the molecule is CCOC(=O)c1cnc(OCCC2CCCNC2)nc1C. The Morgan fingerprint density at radius 3 is 3.05 bits per heavy atom. The smallest absolute Gasteiger partial charge is 0.341 e. The van der Waals surface area contributed by atoms with Crippen LogP contribution in [0.4, 0.5) is 0 Å². The number of esters is 1. The molecule has 2 heterocycles. The second kappa shape index (κ2) is 7.93. The molecular formula is C15H23N3O3. The lowest BCUT2D eigenvalue weighted by molar-refractivity contribution is 0.0524. The van der Waals surface area contributed by atoms with Gasteiger partial charge in [0.1, 0.15) is 0 Å². The molecule has 1 aromatic heterocycles. The van der Waals surface area contributed by atoms with E-state index in [-0.39, 0.29) is 0 Å². The number of aryl methyl sites for hydroxylation is 1. The number of aromatic nitrogens is 2. The Hall–Kier alpha value is -1.69. The number of carbonyl (C=O) groups is 1. The van der Waals surface area contributed by atoms with E-state index >= 15 is 0 Å². The van der Waals surface area contributed by atoms with Gasteiger partial charge in [-0.2, -0.15) is 4.98 Å². The predicted molar refractivity (Wildman–Crippen MR) is 78.4 cm³/mol. The highest BCUT2D eigenvalue weighted by molar-refractivity contribution is 5.90. The minimum Gasteiger partial charge on any atom is -0.463 e. The topological polar surface area (TPSA) is 73.3 Å². The van der Waals surface area contributed by atoms with Gasteiger partial charge >= 0.3 is 12.0 Å². The molecule has 1 aliphatic rings. The predicted octanol–water partition coefficient (Wildman–Crippen LogP) is 1.73. The van der Waals surface area contributed by atoms with Gasteiger partial charge in [0.25, 0.3) is 0 Å². The van der Waals surface area contributed by atoms with E-state index in [2.05, 4.69) is 15.3 Å². The molecule has 1 unspecified atom stereocenters. The molecule has 1 fully saturated rings. The fraction of sp³-hybridized carbons (Fsp3) is 0.667. The Morgan fingerprint density at radius 1 is 1.52 bits per heavy atom. The van der Waals surface area contributed by atoms with Gasteiger partial charge in [-0.05, 0) is 52.1 Å². The van der Waals surface area contributed by atoms with E-state index in [1.807, 2.05) is 0 Å². The molecule has 1 atom stereocenters. The van der Waals surface area contributed by atoms with E-state index in [1.165, 1.54) is 19.0 Å². The van der Waals surface area contributed by atoms with Crippen LogP contribution in [0.3, 0.4) is 0 Å². The first-order valence-corrected chi connectivity index (χ1v) is 7.55. The number of nitrogens with one attached hydrogen (secondary N) is 1. The summed E-state index contributed by atoms with van der Waals surface area (Å²) in [4.78, 5) is 19.9. The first-order valence-electron chi connectivity index (χ1n) is 7.55. The molecule has 0 aliphatic carbocycles. The Balaban J connectivity index is 1.83. The van der Waals surface area contributed by atoms with Crippen molar-refractivity contribution in [3.8, 4) is 6.01 Å². The van der Waals surface area contributed by atoms with Crippen LogP contribution >= 0.6 is 0 Å². The lowest BCUT2D eigenvalue weighted by Gasteiger charge is -2.22. The van der Waals surface area contributed by atoms with Crippen molar-refractivity contribution < 1.29 is 14.3 Å². The monoisotopic (exact) mass is 293 g/mol. The van der Waals surface area contributed by atoms with Gasteiger partial charge in [-0.15, -0.1) is 0 Å². The van der Waals surface area contributed by atoms with Crippen molar-refractivity contribution in [2.75, 3.05) is 26.3 Å². The highest BCUT2D eigenvalue weighted by Gasteiger charge is 2.15. The van der Waals surface area contributed by atoms with E-state index < -0.39 is 5.97 Å². The molecule has 116 valence electrons. The molecule has 1 saturated heterocycles. The molecule has 21 heavy (non-hydrogen) atoms. The van der Waals surface area contributed by atoms with Crippen LogP contribution in [0.25, 0.3) is 0 Å². The molecule has 1 aromatic rings. The van der Waals surface area contributed by atoms with Crippen LogP contribution in [0.15, 0.2) is 6.20 Å². The summed E-state index contributed by atoms with van der Waals surface area (Å²) in [5.74, 6) is 0.272. The highest BCUT2D eigenvalue weighted by Crippen LogP contribution is 2.15. The quantitative estimate of drug-likeness (QED) is 0.805. The van der Waals surface area contributed by atoms with Crippen LogP contribution < -0.4 is 10.1 Å². The van der Waals surface area contributed by atoms with Gasteiger partial charge in [0.05, 0.1) is 24.5 Å². The molecule has 1 aliphatic heterocycles. The summed E-state index contributed by atoms with van der Waals surface area (Å²) in [7, 11) is 0. The number of hydrogen-bond acceptors (Lipinski definition) is 6. The summed E-state index contributed by atoms with van der Waals surface area (Å²) < 4.78 is 10.5. The highest BCUT2D eigenvalue weighted by atomic mass is 16.5.